The molecule has 0 amide bonds. The van der Waals surface area contributed by atoms with Crippen molar-refractivity contribution < 1.29 is 0 Å². The van der Waals surface area contributed by atoms with Gasteiger partial charge in [0.15, 0.2) is 0 Å². The van der Waals surface area contributed by atoms with Gasteiger partial charge in [-0.1, -0.05) is 25.1 Å². The molecule has 72 valence electrons. The van der Waals surface area contributed by atoms with E-state index in [-0.39, 0.29) is 0 Å². The van der Waals surface area contributed by atoms with E-state index in [1.165, 1.54) is 0 Å². The van der Waals surface area contributed by atoms with Gasteiger partial charge in [-0.05, 0) is 28.4 Å². The van der Waals surface area contributed by atoms with Crippen LogP contribution < -0.4 is 0 Å². The van der Waals surface area contributed by atoms with Crippen LogP contribution >= 0.6 is 15.9 Å². The highest BCUT2D eigenvalue weighted by atomic mass is 79.9. The van der Waals surface area contributed by atoms with Gasteiger partial charge in [-0.25, -0.2) is 9.97 Å². The van der Waals surface area contributed by atoms with Gasteiger partial charge in [0.1, 0.15) is 10.4 Å². The minimum absolute atomic E-state index is 0.895. The number of halogens is 1. The van der Waals surface area contributed by atoms with Gasteiger partial charge >= 0.3 is 0 Å². The van der Waals surface area contributed by atoms with Gasteiger partial charge < -0.3 is 0 Å². The van der Waals surface area contributed by atoms with Crippen LogP contribution in [0.1, 0.15) is 19.2 Å². The lowest BCUT2D eigenvalue weighted by molar-refractivity contribution is 0.840. The average Bonchev–Trinajstić information content (AvgIpc) is 2.18. The van der Waals surface area contributed by atoms with E-state index in [0.29, 0.717) is 0 Å². The molecular weight excluding hydrogens is 240 g/mol. The van der Waals surface area contributed by atoms with E-state index in [2.05, 4.69) is 32.8 Å². The zero-order valence-electron chi connectivity index (χ0n) is 8.00. The first kappa shape index (κ1) is 9.59. The summed E-state index contributed by atoms with van der Waals surface area (Å²) in [5.74, 6) is 0.915. The second kappa shape index (κ2) is 4.05. The SMILES string of the molecule is CCCc1nc(Br)c2ccccc2n1. The van der Waals surface area contributed by atoms with Crippen LogP contribution in [0.4, 0.5) is 0 Å². The molecule has 0 radical (unpaired) electrons. The summed E-state index contributed by atoms with van der Waals surface area (Å²) in [6, 6.07) is 8.03. The summed E-state index contributed by atoms with van der Waals surface area (Å²) >= 11 is 3.47. The summed E-state index contributed by atoms with van der Waals surface area (Å²) in [6.07, 6.45) is 2.01. The molecule has 0 atom stereocenters. The molecule has 0 aliphatic rings. The molecule has 2 aromatic rings. The minimum Gasteiger partial charge on any atom is -0.233 e. The maximum absolute atomic E-state index is 4.48. The Kier molecular flexibility index (Phi) is 2.77. The zero-order valence-corrected chi connectivity index (χ0v) is 9.58. The summed E-state index contributed by atoms with van der Waals surface area (Å²) in [5.41, 5.74) is 1.01. The molecular formula is C11H11BrN2. The number of rotatable bonds is 2. The number of hydrogen-bond acceptors (Lipinski definition) is 2. The molecule has 0 bridgehead atoms. The average molecular weight is 251 g/mol. The third kappa shape index (κ3) is 1.77. The van der Waals surface area contributed by atoms with Crippen molar-refractivity contribution in [3.05, 3.63) is 34.7 Å². The molecule has 0 aliphatic carbocycles. The van der Waals surface area contributed by atoms with Crippen LogP contribution in [0.15, 0.2) is 28.9 Å². The highest BCUT2D eigenvalue weighted by molar-refractivity contribution is 9.10. The predicted octanol–water partition coefficient (Wildman–Crippen LogP) is 3.34. The van der Waals surface area contributed by atoms with Crippen molar-refractivity contribution in [2.75, 3.05) is 0 Å². The number of aromatic nitrogens is 2. The molecule has 14 heavy (non-hydrogen) atoms. The molecule has 2 nitrogen and oxygen atoms in total. The number of nitrogens with zero attached hydrogens (tertiary/aromatic N) is 2. The summed E-state index contributed by atoms with van der Waals surface area (Å²) < 4.78 is 0.895. The quantitative estimate of drug-likeness (QED) is 0.765. The highest BCUT2D eigenvalue weighted by Crippen LogP contribution is 2.20. The summed E-state index contributed by atoms with van der Waals surface area (Å²) in [4.78, 5) is 8.88. The highest BCUT2D eigenvalue weighted by Gasteiger charge is 2.03. The zero-order chi connectivity index (χ0) is 9.97. The molecule has 3 heteroatoms. The van der Waals surface area contributed by atoms with Crippen molar-refractivity contribution in [3.63, 3.8) is 0 Å². The molecule has 0 fully saturated rings. The van der Waals surface area contributed by atoms with E-state index in [9.17, 15) is 0 Å². The first-order valence-corrected chi connectivity index (χ1v) is 5.51. The predicted molar refractivity (Wildman–Crippen MR) is 61.2 cm³/mol. The van der Waals surface area contributed by atoms with Crippen LogP contribution in [0.5, 0.6) is 0 Å². The molecule has 2 rings (SSSR count). The lowest BCUT2D eigenvalue weighted by atomic mass is 10.2. The molecule has 0 saturated carbocycles. The number of para-hydroxylation sites is 1. The lowest BCUT2D eigenvalue weighted by Crippen LogP contribution is -1.95. The monoisotopic (exact) mass is 250 g/mol. The number of fused-ring (bicyclic) bond motifs is 1. The molecule has 1 heterocycles. The largest absolute Gasteiger partial charge is 0.233 e. The molecule has 0 aliphatic heterocycles. The normalized spacial score (nSPS) is 10.7. The Morgan fingerprint density at radius 1 is 1.21 bits per heavy atom. The Morgan fingerprint density at radius 3 is 2.79 bits per heavy atom. The van der Waals surface area contributed by atoms with Crippen molar-refractivity contribution >= 4 is 26.8 Å². The second-order valence-corrected chi connectivity index (χ2v) is 3.95. The molecule has 0 unspecified atom stereocenters. The topological polar surface area (TPSA) is 25.8 Å². The van der Waals surface area contributed by atoms with Gasteiger partial charge in [-0.3, -0.25) is 0 Å². The molecule has 0 N–H and O–H groups in total. The first-order chi connectivity index (χ1) is 6.81. The standard InChI is InChI=1S/C11H11BrN2/c1-2-5-10-13-9-7-4-3-6-8(9)11(12)14-10/h3-4,6-7H,2,5H2,1H3. The third-order valence-electron chi connectivity index (χ3n) is 2.08. The van der Waals surface area contributed by atoms with Gasteiger partial charge in [0.25, 0.3) is 0 Å². The molecule has 1 aromatic carbocycles. The van der Waals surface area contributed by atoms with Crippen molar-refractivity contribution in [1.82, 2.24) is 9.97 Å². The maximum atomic E-state index is 4.48. The Balaban J connectivity index is 2.60. The van der Waals surface area contributed by atoms with E-state index in [1.54, 1.807) is 0 Å². The smallest absolute Gasteiger partial charge is 0.130 e. The maximum Gasteiger partial charge on any atom is 0.130 e. The fourth-order valence-corrected chi connectivity index (χ4v) is 1.96. The summed E-state index contributed by atoms with van der Waals surface area (Å²) in [6.45, 7) is 2.13. The number of aryl methyl sites for hydroxylation is 1. The number of hydrogen-bond donors (Lipinski definition) is 0. The fourth-order valence-electron chi connectivity index (χ4n) is 1.42. The van der Waals surface area contributed by atoms with Crippen LogP contribution in [0.25, 0.3) is 10.9 Å². The molecule has 1 aromatic heterocycles. The first-order valence-electron chi connectivity index (χ1n) is 4.72. The van der Waals surface area contributed by atoms with E-state index in [4.69, 9.17) is 0 Å². The van der Waals surface area contributed by atoms with Crippen molar-refractivity contribution in [2.24, 2.45) is 0 Å². The Labute approximate surface area is 91.5 Å². The lowest BCUT2D eigenvalue weighted by Gasteiger charge is -2.02. The Morgan fingerprint density at radius 2 is 2.00 bits per heavy atom. The van der Waals surface area contributed by atoms with E-state index < -0.39 is 0 Å². The van der Waals surface area contributed by atoms with Crippen LogP contribution in [0.2, 0.25) is 0 Å². The van der Waals surface area contributed by atoms with Crippen LogP contribution in [0.3, 0.4) is 0 Å². The second-order valence-electron chi connectivity index (χ2n) is 3.20. The molecule has 0 spiro atoms. The van der Waals surface area contributed by atoms with Crippen molar-refractivity contribution in [2.45, 2.75) is 19.8 Å². The van der Waals surface area contributed by atoms with Gasteiger partial charge in [-0.2, -0.15) is 0 Å². The Bertz CT molecular complexity index is 454. The van der Waals surface area contributed by atoms with E-state index >= 15 is 0 Å². The molecule has 0 saturated heterocycles. The van der Waals surface area contributed by atoms with Crippen LogP contribution in [0, 0.1) is 0 Å². The van der Waals surface area contributed by atoms with Crippen LogP contribution in [-0.2, 0) is 6.42 Å². The van der Waals surface area contributed by atoms with Gasteiger partial charge in [-0.15, -0.1) is 0 Å². The van der Waals surface area contributed by atoms with E-state index in [1.807, 2.05) is 24.3 Å². The summed E-state index contributed by atoms with van der Waals surface area (Å²) in [7, 11) is 0. The summed E-state index contributed by atoms with van der Waals surface area (Å²) in [5, 5.41) is 1.08. The van der Waals surface area contributed by atoms with E-state index in [0.717, 1.165) is 34.2 Å². The Hall–Kier alpha value is -0.960. The minimum atomic E-state index is 0.895. The van der Waals surface area contributed by atoms with Gasteiger partial charge in [0, 0.05) is 11.8 Å². The van der Waals surface area contributed by atoms with Crippen molar-refractivity contribution in [1.29, 1.82) is 0 Å². The van der Waals surface area contributed by atoms with Gasteiger partial charge in [0.2, 0.25) is 0 Å². The van der Waals surface area contributed by atoms with Gasteiger partial charge in [0.05, 0.1) is 5.52 Å². The fraction of sp³-hybridized carbons (Fsp3) is 0.273. The van der Waals surface area contributed by atoms with Crippen molar-refractivity contribution in [3.8, 4) is 0 Å². The number of benzene rings is 1. The third-order valence-corrected chi connectivity index (χ3v) is 2.68. The van der Waals surface area contributed by atoms with Crippen LogP contribution in [-0.4, -0.2) is 9.97 Å².